The van der Waals surface area contributed by atoms with Crippen LogP contribution >= 0.6 is 32.4 Å². The summed E-state index contributed by atoms with van der Waals surface area (Å²) in [5.74, 6) is 0.787. The summed E-state index contributed by atoms with van der Waals surface area (Å²) < 4.78 is 1.24. The van der Waals surface area contributed by atoms with Gasteiger partial charge in [0, 0.05) is 0 Å². The first-order chi connectivity index (χ1) is 8.16. The van der Waals surface area contributed by atoms with Crippen molar-refractivity contribution in [2.24, 2.45) is 0 Å². The summed E-state index contributed by atoms with van der Waals surface area (Å²) >= 11 is 1.64. The van der Waals surface area contributed by atoms with Gasteiger partial charge in [0.15, 0.2) is 10.3 Å². The highest BCUT2D eigenvalue weighted by Crippen LogP contribution is 2.38. The predicted octanol–water partition coefficient (Wildman–Crippen LogP) is 4.75. The maximum atomic E-state index is 11.0. The fourth-order valence-corrected chi connectivity index (χ4v) is 5.09. The lowest BCUT2D eigenvalue weighted by Gasteiger charge is -2.00. The number of Topliss-reactive ketones (excluding diaryl/α,β-unsaturated/α-hetero) is 1. The van der Waals surface area contributed by atoms with Crippen molar-refractivity contribution in [3.8, 4) is 11.1 Å². The minimum atomic E-state index is 0.225. The number of rotatable bonds is 4. The lowest BCUT2D eigenvalue weighted by molar-refractivity contribution is -0.114. The van der Waals surface area contributed by atoms with Crippen LogP contribution in [0.3, 0.4) is 0 Å². The SMILES string of the molecule is CC(=O)CSc1s[s+]cc1-c1ccc(C)cc1. The average Bonchev–Trinajstić information content (AvgIpc) is 2.75. The van der Waals surface area contributed by atoms with Gasteiger partial charge >= 0.3 is 0 Å². The Kier molecular flexibility index (Phi) is 4.31. The summed E-state index contributed by atoms with van der Waals surface area (Å²) in [6.07, 6.45) is 0. The Labute approximate surface area is 113 Å². The lowest BCUT2D eigenvalue weighted by atomic mass is 10.1. The van der Waals surface area contributed by atoms with Gasteiger partial charge in [-0.1, -0.05) is 29.8 Å². The van der Waals surface area contributed by atoms with Crippen LogP contribution in [0.1, 0.15) is 12.5 Å². The van der Waals surface area contributed by atoms with Gasteiger partial charge in [-0.15, -0.1) is 11.8 Å². The van der Waals surface area contributed by atoms with Crippen LogP contribution in [0.15, 0.2) is 33.9 Å². The highest BCUT2D eigenvalue weighted by molar-refractivity contribution is 8.03. The minimum Gasteiger partial charge on any atom is -0.299 e. The zero-order valence-electron chi connectivity index (χ0n) is 9.73. The molecule has 1 aromatic carbocycles. The average molecular weight is 281 g/mol. The molecule has 0 aliphatic heterocycles. The standard InChI is InChI=1S/C13H13OS3/c1-9-3-5-11(6-4-9)12-8-16-17-13(12)15-7-10(2)14/h3-6,8H,7H2,1-2H3/q+1. The molecule has 4 heteroatoms. The van der Waals surface area contributed by atoms with E-state index in [4.69, 9.17) is 0 Å². The van der Waals surface area contributed by atoms with Crippen molar-refractivity contribution in [3.63, 3.8) is 0 Å². The number of carbonyl (C=O) groups excluding carboxylic acids is 1. The van der Waals surface area contributed by atoms with Crippen LogP contribution in [0.2, 0.25) is 0 Å². The molecule has 88 valence electrons. The minimum absolute atomic E-state index is 0.225. The maximum Gasteiger partial charge on any atom is 0.293 e. The van der Waals surface area contributed by atoms with Crippen LogP contribution in [0.25, 0.3) is 11.1 Å². The molecule has 17 heavy (non-hydrogen) atoms. The molecule has 0 saturated heterocycles. The molecule has 0 aliphatic carbocycles. The Balaban J connectivity index is 2.24. The molecule has 0 N–H and O–H groups in total. The van der Waals surface area contributed by atoms with E-state index in [1.165, 1.54) is 20.9 Å². The topological polar surface area (TPSA) is 17.1 Å². The number of hydrogen-bond acceptors (Lipinski definition) is 3. The largest absolute Gasteiger partial charge is 0.299 e. The highest BCUT2D eigenvalue weighted by Gasteiger charge is 2.16. The third kappa shape index (κ3) is 3.37. The van der Waals surface area contributed by atoms with Crippen molar-refractivity contribution in [2.75, 3.05) is 5.75 Å². The predicted molar refractivity (Wildman–Crippen MR) is 78.2 cm³/mol. The first-order valence-corrected chi connectivity index (χ1v) is 8.47. The Morgan fingerprint density at radius 3 is 2.71 bits per heavy atom. The van der Waals surface area contributed by atoms with E-state index >= 15 is 0 Å². The van der Waals surface area contributed by atoms with Crippen LogP contribution in [0, 0.1) is 6.92 Å². The summed E-state index contributed by atoms with van der Waals surface area (Å²) in [4.78, 5) is 11.0. The first kappa shape index (κ1) is 12.7. The van der Waals surface area contributed by atoms with Crippen LogP contribution in [0.4, 0.5) is 0 Å². The Morgan fingerprint density at radius 1 is 1.35 bits per heavy atom. The van der Waals surface area contributed by atoms with Crippen LogP contribution in [-0.4, -0.2) is 11.5 Å². The molecule has 0 bridgehead atoms. The number of ketones is 1. The van der Waals surface area contributed by atoms with E-state index in [2.05, 4.69) is 36.6 Å². The Morgan fingerprint density at radius 2 is 2.06 bits per heavy atom. The molecule has 2 rings (SSSR count). The van der Waals surface area contributed by atoms with Crippen LogP contribution in [-0.2, 0) is 4.79 Å². The van der Waals surface area contributed by atoms with Crippen LogP contribution in [0.5, 0.6) is 0 Å². The zero-order chi connectivity index (χ0) is 12.3. The molecule has 0 saturated carbocycles. The van der Waals surface area contributed by atoms with Crippen LogP contribution < -0.4 is 0 Å². The van der Waals surface area contributed by atoms with Gasteiger partial charge in [-0.05, 0) is 19.4 Å². The fraction of sp³-hybridized carbons (Fsp3) is 0.231. The number of hydrogen-bond donors (Lipinski definition) is 0. The maximum absolute atomic E-state index is 11.0. The Bertz CT molecular complexity index is 514. The zero-order valence-corrected chi connectivity index (χ0v) is 12.2. The van der Waals surface area contributed by atoms with E-state index in [0.717, 1.165) is 0 Å². The van der Waals surface area contributed by atoms with Gasteiger partial charge in [-0.3, -0.25) is 4.79 Å². The van der Waals surface area contributed by atoms with E-state index in [9.17, 15) is 4.79 Å². The van der Waals surface area contributed by atoms with Crippen molar-refractivity contribution < 1.29 is 4.79 Å². The third-order valence-electron chi connectivity index (χ3n) is 2.28. The summed E-state index contributed by atoms with van der Waals surface area (Å²) in [6.45, 7) is 3.72. The second kappa shape index (κ2) is 5.76. The van der Waals surface area contributed by atoms with E-state index in [1.807, 2.05) is 0 Å². The molecule has 0 spiro atoms. The van der Waals surface area contributed by atoms with E-state index in [0.29, 0.717) is 5.75 Å². The molecular weight excluding hydrogens is 268 g/mol. The second-order valence-electron chi connectivity index (χ2n) is 3.86. The summed E-state index contributed by atoms with van der Waals surface area (Å²) in [7, 11) is 3.47. The normalized spacial score (nSPS) is 10.5. The van der Waals surface area contributed by atoms with E-state index in [-0.39, 0.29) is 5.78 Å². The molecule has 0 aliphatic rings. The van der Waals surface area contributed by atoms with Crippen molar-refractivity contribution >= 4 is 38.2 Å². The summed E-state index contributed by atoms with van der Waals surface area (Å²) in [6, 6.07) is 8.53. The van der Waals surface area contributed by atoms with Gasteiger partial charge in [0.05, 0.1) is 11.3 Å². The molecule has 0 unspecified atom stereocenters. The molecule has 0 atom stereocenters. The fourth-order valence-electron chi connectivity index (χ4n) is 1.40. The number of carbonyl (C=O) groups is 1. The van der Waals surface area contributed by atoms with Gasteiger partial charge in [0.25, 0.3) is 10.3 Å². The van der Waals surface area contributed by atoms with Crippen molar-refractivity contribution in [2.45, 2.75) is 18.1 Å². The van der Waals surface area contributed by atoms with Crippen molar-refractivity contribution in [3.05, 3.63) is 35.2 Å². The number of aryl methyl sites for hydroxylation is 1. The van der Waals surface area contributed by atoms with E-state index < -0.39 is 0 Å². The molecule has 1 heterocycles. The molecule has 0 fully saturated rings. The summed E-state index contributed by atoms with van der Waals surface area (Å²) in [5.41, 5.74) is 3.76. The lowest BCUT2D eigenvalue weighted by Crippen LogP contribution is -1.92. The molecule has 0 radical (unpaired) electrons. The molecule has 1 aromatic heterocycles. The van der Waals surface area contributed by atoms with E-state index in [1.54, 1.807) is 39.4 Å². The smallest absolute Gasteiger partial charge is 0.293 e. The summed E-state index contributed by atoms with van der Waals surface area (Å²) in [5, 5.41) is 2.16. The van der Waals surface area contributed by atoms with Gasteiger partial charge in [0.2, 0.25) is 5.38 Å². The molecular formula is C13H13OS3+. The van der Waals surface area contributed by atoms with Crippen molar-refractivity contribution in [1.29, 1.82) is 0 Å². The quantitative estimate of drug-likeness (QED) is 0.457. The van der Waals surface area contributed by atoms with Crippen molar-refractivity contribution in [1.82, 2.24) is 0 Å². The van der Waals surface area contributed by atoms with Gasteiger partial charge < -0.3 is 0 Å². The number of thioether (sulfide) groups is 1. The second-order valence-corrected chi connectivity index (χ2v) is 7.18. The number of benzene rings is 1. The Hall–Kier alpha value is -0.710. The molecule has 1 nitrogen and oxygen atoms in total. The first-order valence-electron chi connectivity index (χ1n) is 5.27. The molecule has 0 amide bonds. The monoisotopic (exact) mass is 281 g/mol. The molecule has 2 aromatic rings. The van der Waals surface area contributed by atoms with Gasteiger partial charge in [0.1, 0.15) is 9.99 Å². The van der Waals surface area contributed by atoms with Gasteiger partial charge in [-0.25, -0.2) is 0 Å². The highest BCUT2D eigenvalue weighted by atomic mass is 32.9. The van der Waals surface area contributed by atoms with Gasteiger partial charge in [-0.2, -0.15) is 0 Å². The third-order valence-corrected chi connectivity index (χ3v) is 6.11.